The van der Waals surface area contributed by atoms with E-state index >= 15 is 0 Å². The Hall–Kier alpha value is -0.830. The zero-order valence-electron chi connectivity index (χ0n) is 9.79. The van der Waals surface area contributed by atoms with Crippen LogP contribution in [-0.4, -0.2) is 36.6 Å². The van der Waals surface area contributed by atoms with Crippen LogP contribution in [-0.2, 0) is 9.53 Å². The van der Waals surface area contributed by atoms with Crippen LogP contribution in [0.1, 0.15) is 33.1 Å². The van der Waals surface area contributed by atoms with E-state index in [1.807, 2.05) is 13.8 Å². The average Bonchev–Trinajstić information content (AvgIpc) is 2.22. The summed E-state index contributed by atoms with van der Waals surface area (Å²) in [5.41, 5.74) is 1.30. The molecule has 0 aromatic carbocycles. The van der Waals surface area contributed by atoms with Crippen molar-refractivity contribution in [2.45, 2.75) is 39.2 Å². The highest BCUT2D eigenvalue weighted by molar-refractivity contribution is 5.75. The predicted octanol–water partition coefficient (Wildman–Crippen LogP) is 1.98. The van der Waals surface area contributed by atoms with Crippen molar-refractivity contribution >= 4 is 5.97 Å². The van der Waals surface area contributed by atoms with Crippen LogP contribution in [0.5, 0.6) is 0 Å². The molecule has 0 saturated carbocycles. The van der Waals surface area contributed by atoms with Gasteiger partial charge in [0.1, 0.15) is 6.04 Å². The molecule has 0 radical (unpaired) electrons. The van der Waals surface area contributed by atoms with Crippen molar-refractivity contribution in [2.24, 2.45) is 0 Å². The molecule has 1 aliphatic heterocycles. The second kappa shape index (κ2) is 5.91. The molecule has 3 nitrogen and oxygen atoms in total. The first-order valence-corrected chi connectivity index (χ1v) is 5.76. The highest BCUT2D eigenvalue weighted by Gasteiger charge is 2.27. The van der Waals surface area contributed by atoms with Crippen molar-refractivity contribution in [3.05, 3.63) is 12.2 Å². The topological polar surface area (TPSA) is 29.5 Å². The number of piperidine rings is 1. The number of nitrogens with zero attached hydrogens (tertiary/aromatic N) is 1. The summed E-state index contributed by atoms with van der Waals surface area (Å²) in [6, 6.07) is -0.0574. The fourth-order valence-corrected chi connectivity index (χ4v) is 1.96. The van der Waals surface area contributed by atoms with Gasteiger partial charge in [-0.1, -0.05) is 19.1 Å². The third-order valence-corrected chi connectivity index (χ3v) is 2.89. The zero-order chi connectivity index (χ0) is 11.3. The van der Waals surface area contributed by atoms with Crippen molar-refractivity contribution in [3.63, 3.8) is 0 Å². The Morgan fingerprint density at radius 1 is 1.47 bits per heavy atom. The highest BCUT2D eigenvalue weighted by Crippen LogP contribution is 2.18. The number of hydrogen-bond donors (Lipinski definition) is 0. The minimum Gasteiger partial charge on any atom is -0.465 e. The molecule has 0 unspecified atom stereocenters. The smallest absolute Gasteiger partial charge is 0.323 e. The first kappa shape index (κ1) is 12.2. The lowest BCUT2D eigenvalue weighted by molar-refractivity contribution is -0.149. The monoisotopic (exact) mass is 211 g/mol. The lowest BCUT2D eigenvalue weighted by atomic mass is 10.0. The number of likely N-dealkylation sites (tertiary alicyclic amines) is 1. The maximum atomic E-state index is 11.7. The molecular formula is C12H21NO2. The summed E-state index contributed by atoms with van der Waals surface area (Å²) in [6.45, 7) is 10.2. The summed E-state index contributed by atoms with van der Waals surface area (Å²) in [4.78, 5) is 13.9. The van der Waals surface area contributed by atoms with Gasteiger partial charge in [-0.05, 0) is 26.2 Å². The van der Waals surface area contributed by atoms with Gasteiger partial charge in [-0.15, -0.1) is 0 Å². The number of carbonyl (C=O) groups is 1. The maximum Gasteiger partial charge on any atom is 0.323 e. The summed E-state index contributed by atoms with van der Waals surface area (Å²) in [5, 5.41) is 0. The molecule has 1 rings (SSSR count). The molecule has 0 N–H and O–H groups in total. The molecule has 0 spiro atoms. The molecule has 1 heterocycles. The summed E-state index contributed by atoms with van der Waals surface area (Å²) in [6.07, 6.45) is 2.84. The second-order valence-electron chi connectivity index (χ2n) is 3.96. The molecule has 0 aliphatic carbocycles. The largest absolute Gasteiger partial charge is 0.465 e. The Morgan fingerprint density at radius 2 is 2.07 bits per heavy atom. The van der Waals surface area contributed by atoms with Crippen LogP contribution in [0.4, 0.5) is 0 Å². The molecule has 1 aliphatic rings. The number of hydrogen-bond acceptors (Lipinski definition) is 3. The van der Waals surface area contributed by atoms with Crippen LogP contribution < -0.4 is 0 Å². The number of esters is 1. The van der Waals surface area contributed by atoms with E-state index in [-0.39, 0.29) is 12.0 Å². The van der Waals surface area contributed by atoms with Gasteiger partial charge in [0.05, 0.1) is 6.61 Å². The molecule has 3 heteroatoms. The molecule has 15 heavy (non-hydrogen) atoms. The van der Waals surface area contributed by atoms with Gasteiger partial charge in [0.15, 0.2) is 0 Å². The maximum absolute atomic E-state index is 11.7. The number of carbonyl (C=O) groups excluding carboxylic acids is 1. The number of rotatable bonds is 4. The van der Waals surface area contributed by atoms with Crippen molar-refractivity contribution in [1.82, 2.24) is 4.90 Å². The van der Waals surface area contributed by atoms with E-state index in [0.29, 0.717) is 6.61 Å². The van der Waals surface area contributed by atoms with Gasteiger partial charge in [0, 0.05) is 13.1 Å². The Bertz CT molecular complexity index is 228. The highest BCUT2D eigenvalue weighted by atomic mass is 16.5. The first-order valence-electron chi connectivity index (χ1n) is 5.76. The quantitative estimate of drug-likeness (QED) is 0.526. The van der Waals surface area contributed by atoms with E-state index in [1.165, 1.54) is 5.57 Å². The normalized spacial score (nSPS) is 20.0. The van der Waals surface area contributed by atoms with Crippen molar-refractivity contribution in [1.29, 1.82) is 0 Å². The Kier molecular flexibility index (Phi) is 4.82. The van der Waals surface area contributed by atoms with Crippen LogP contribution >= 0.6 is 0 Å². The molecular weight excluding hydrogens is 190 g/mol. The van der Waals surface area contributed by atoms with E-state index < -0.39 is 0 Å². The van der Waals surface area contributed by atoms with Crippen molar-refractivity contribution in [3.8, 4) is 0 Å². The molecule has 0 amide bonds. The summed E-state index contributed by atoms with van der Waals surface area (Å²) >= 11 is 0. The number of ether oxygens (including phenoxy) is 1. The lowest BCUT2D eigenvalue weighted by Crippen LogP contribution is -2.44. The van der Waals surface area contributed by atoms with Crippen LogP contribution in [0, 0.1) is 0 Å². The molecule has 86 valence electrons. The Balaban J connectivity index is 2.50. The standard InChI is InChI=1S/C12H21NO2/c1-4-11(12(14)15-5-2)13-8-6-10(3)7-9-13/h11H,3-9H2,1-2H3/t11-/m0/s1. The van der Waals surface area contributed by atoms with Crippen LogP contribution in [0.25, 0.3) is 0 Å². The van der Waals surface area contributed by atoms with E-state index in [2.05, 4.69) is 11.5 Å². The first-order chi connectivity index (χ1) is 7.19. The van der Waals surface area contributed by atoms with Gasteiger partial charge in [0.25, 0.3) is 0 Å². The summed E-state index contributed by atoms with van der Waals surface area (Å²) in [5.74, 6) is -0.0764. The average molecular weight is 211 g/mol. The minimum atomic E-state index is -0.0764. The van der Waals surface area contributed by atoms with Gasteiger partial charge in [-0.25, -0.2) is 0 Å². The molecule has 1 fully saturated rings. The van der Waals surface area contributed by atoms with Crippen LogP contribution in [0.2, 0.25) is 0 Å². The van der Waals surface area contributed by atoms with E-state index in [1.54, 1.807) is 0 Å². The van der Waals surface area contributed by atoms with E-state index in [4.69, 9.17) is 4.74 Å². The third-order valence-electron chi connectivity index (χ3n) is 2.89. The fourth-order valence-electron chi connectivity index (χ4n) is 1.96. The Morgan fingerprint density at radius 3 is 2.53 bits per heavy atom. The molecule has 0 aromatic rings. The second-order valence-corrected chi connectivity index (χ2v) is 3.96. The third kappa shape index (κ3) is 3.34. The predicted molar refractivity (Wildman–Crippen MR) is 60.7 cm³/mol. The zero-order valence-corrected chi connectivity index (χ0v) is 9.79. The molecule has 1 saturated heterocycles. The summed E-state index contributed by atoms with van der Waals surface area (Å²) < 4.78 is 5.07. The molecule has 0 bridgehead atoms. The SMILES string of the molecule is C=C1CCN([C@@H](CC)C(=O)OCC)CC1. The van der Waals surface area contributed by atoms with Gasteiger partial charge in [-0.3, -0.25) is 9.69 Å². The fraction of sp³-hybridized carbons (Fsp3) is 0.750. The van der Waals surface area contributed by atoms with Crippen LogP contribution in [0.15, 0.2) is 12.2 Å². The van der Waals surface area contributed by atoms with Gasteiger partial charge in [0.2, 0.25) is 0 Å². The molecule has 0 aromatic heterocycles. The van der Waals surface area contributed by atoms with Gasteiger partial charge in [-0.2, -0.15) is 0 Å². The van der Waals surface area contributed by atoms with Gasteiger partial charge >= 0.3 is 5.97 Å². The van der Waals surface area contributed by atoms with Crippen molar-refractivity contribution < 1.29 is 9.53 Å². The van der Waals surface area contributed by atoms with Crippen LogP contribution in [0.3, 0.4) is 0 Å². The Labute approximate surface area is 92.1 Å². The minimum absolute atomic E-state index is 0.0574. The van der Waals surface area contributed by atoms with E-state index in [0.717, 1.165) is 32.4 Å². The van der Waals surface area contributed by atoms with Gasteiger partial charge < -0.3 is 4.74 Å². The van der Waals surface area contributed by atoms with E-state index in [9.17, 15) is 4.79 Å². The van der Waals surface area contributed by atoms with Crippen molar-refractivity contribution in [2.75, 3.05) is 19.7 Å². The lowest BCUT2D eigenvalue weighted by Gasteiger charge is -2.33. The molecule has 1 atom stereocenters. The summed E-state index contributed by atoms with van der Waals surface area (Å²) in [7, 11) is 0.